The maximum Gasteiger partial charge on any atom is 0.306 e. The van der Waals surface area contributed by atoms with Crippen molar-refractivity contribution in [2.75, 3.05) is 13.2 Å². The molecule has 0 aliphatic heterocycles. The van der Waals surface area contributed by atoms with Crippen LogP contribution in [-0.4, -0.2) is 36.4 Å². The molecule has 0 amide bonds. The van der Waals surface area contributed by atoms with Gasteiger partial charge in [0.05, 0.1) is 6.61 Å². The van der Waals surface area contributed by atoms with Gasteiger partial charge in [-0.3, -0.25) is 9.59 Å². The molecule has 5 nitrogen and oxygen atoms in total. The Bertz CT molecular complexity index is 879. The largest absolute Gasteiger partial charge is 0.462 e. The van der Waals surface area contributed by atoms with Gasteiger partial charge in [-0.2, -0.15) is 0 Å². The number of unbranched alkanes of at least 4 members (excludes halogenated alkanes) is 15. The molecule has 0 aromatic heterocycles. The van der Waals surface area contributed by atoms with Gasteiger partial charge in [-0.25, -0.2) is 0 Å². The maximum atomic E-state index is 12.2. The second-order valence-electron chi connectivity index (χ2n) is 12.3. The van der Waals surface area contributed by atoms with Crippen LogP contribution in [0.25, 0.3) is 0 Å². The first-order valence-electron chi connectivity index (χ1n) is 19.0. The van der Waals surface area contributed by atoms with Gasteiger partial charge in [0.2, 0.25) is 0 Å². The van der Waals surface area contributed by atoms with E-state index in [9.17, 15) is 14.7 Å². The molecule has 0 fully saturated rings. The summed E-state index contributed by atoms with van der Waals surface area (Å²) in [6.07, 6.45) is 49.6. The molecule has 0 rings (SSSR count). The smallest absolute Gasteiger partial charge is 0.306 e. The molecule has 5 heteroatoms. The zero-order valence-electron chi connectivity index (χ0n) is 30.3. The van der Waals surface area contributed by atoms with Crippen molar-refractivity contribution in [3.05, 3.63) is 72.9 Å². The van der Waals surface area contributed by atoms with E-state index < -0.39 is 6.10 Å². The molecule has 0 aromatic carbocycles. The quantitative estimate of drug-likeness (QED) is 0.0330. The fraction of sp³-hybridized carbons (Fsp3) is 0.667. The van der Waals surface area contributed by atoms with Crippen molar-refractivity contribution in [1.29, 1.82) is 0 Å². The van der Waals surface area contributed by atoms with Gasteiger partial charge in [0.1, 0.15) is 6.61 Å². The highest BCUT2D eigenvalue weighted by molar-refractivity contribution is 5.70. The molecule has 0 heterocycles. The average molecular weight is 655 g/mol. The van der Waals surface area contributed by atoms with E-state index in [4.69, 9.17) is 9.47 Å². The fourth-order valence-electron chi connectivity index (χ4n) is 4.98. The number of aliphatic hydroxyl groups is 1. The number of ether oxygens (including phenoxy) is 2. The van der Waals surface area contributed by atoms with Crippen molar-refractivity contribution >= 4 is 11.9 Å². The molecule has 0 aromatic rings. The zero-order valence-corrected chi connectivity index (χ0v) is 30.3. The van der Waals surface area contributed by atoms with Gasteiger partial charge in [0, 0.05) is 12.8 Å². The lowest BCUT2D eigenvalue weighted by Crippen LogP contribution is -2.28. The Hall–Kier alpha value is -2.66. The van der Waals surface area contributed by atoms with Crippen LogP contribution in [0.4, 0.5) is 0 Å². The lowest BCUT2D eigenvalue weighted by molar-refractivity contribution is -0.161. The average Bonchev–Trinajstić information content (AvgIpc) is 3.07. The summed E-state index contributed by atoms with van der Waals surface area (Å²) >= 11 is 0. The molecule has 0 spiro atoms. The fourth-order valence-corrected chi connectivity index (χ4v) is 4.98. The first-order valence-corrected chi connectivity index (χ1v) is 19.0. The molecular formula is C42H70O5. The van der Waals surface area contributed by atoms with Crippen molar-refractivity contribution < 1.29 is 24.2 Å². The predicted molar refractivity (Wildman–Crippen MR) is 200 cm³/mol. The lowest BCUT2D eigenvalue weighted by Gasteiger charge is -2.15. The Morgan fingerprint density at radius 1 is 0.511 bits per heavy atom. The maximum absolute atomic E-state index is 12.2. The van der Waals surface area contributed by atoms with E-state index in [1.807, 2.05) is 6.08 Å². The summed E-state index contributed by atoms with van der Waals surface area (Å²) in [4.78, 5) is 24.2. The summed E-state index contributed by atoms with van der Waals surface area (Å²) < 4.78 is 10.6. The first kappa shape index (κ1) is 44.3. The molecular weight excluding hydrogens is 584 g/mol. The van der Waals surface area contributed by atoms with Gasteiger partial charge in [-0.05, 0) is 64.2 Å². The Labute approximate surface area is 289 Å². The van der Waals surface area contributed by atoms with Crippen LogP contribution in [0.3, 0.4) is 0 Å². The van der Waals surface area contributed by atoms with E-state index >= 15 is 0 Å². The Balaban J connectivity index is 3.59. The molecule has 268 valence electrons. The van der Waals surface area contributed by atoms with Crippen molar-refractivity contribution in [2.45, 2.75) is 168 Å². The standard InChI is InChI=1S/C42H70O5/c1-3-5-7-9-11-13-15-17-18-19-20-21-22-23-25-27-29-31-33-35-37-42(45)47-40(38-43)39-46-41(44)36-34-32-30-28-26-24-16-14-12-10-8-6-4-2/h5-8,10-14,16-18,40,43H,3-4,9,15,19-39H2,1-2H3/b7-5+,8-6+,12-10+,13-11+,16-14+,18-17+. The Kier molecular flexibility index (Phi) is 35.7. The number of carbonyl (C=O) groups is 2. The third kappa shape index (κ3) is 36.0. The van der Waals surface area contributed by atoms with Gasteiger partial charge in [-0.15, -0.1) is 0 Å². The minimum absolute atomic E-state index is 0.0815. The molecule has 0 saturated heterocycles. The van der Waals surface area contributed by atoms with E-state index in [1.165, 1.54) is 51.4 Å². The molecule has 0 aliphatic carbocycles. The van der Waals surface area contributed by atoms with Gasteiger partial charge in [0.25, 0.3) is 0 Å². The van der Waals surface area contributed by atoms with Crippen LogP contribution in [0.15, 0.2) is 72.9 Å². The first-order chi connectivity index (χ1) is 23.1. The predicted octanol–water partition coefficient (Wildman–Crippen LogP) is 11.8. The van der Waals surface area contributed by atoms with Crippen LogP contribution in [0.1, 0.15) is 162 Å². The van der Waals surface area contributed by atoms with Gasteiger partial charge >= 0.3 is 11.9 Å². The topological polar surface area (TPSA) is 72.8 Å². The lowest BCUT2D eigenvalue weighted by atomic mass is 10.0. The van der Waals surface area contributed by atoms with Crippen LogP contribution >= 0.6 is 0 Å². The van der Waals surface area contributed by atoms with Crippen LogP contribution in [0.2, 0.25) is 0 Å². The van der Waals surface area contributed by atoms with Gasteiger partial charge in [-0.1, -0.05) is 157 Å². The molecule has 0 saturated carbocycles. The second-order valence-corrected chi connectivity index (χ2v) is 12.3. The number of hydrogen-bond acceptors (Lipinski definition) is 5. The molecule has 0 aliphatic rings. The van der Waals surface area contributed by atoms with Gasteiger partial charge < -0.3 is 14.6 Å². The van der Waals surface area contributed by atoms with E-state index in [0.29, 0.717) is 12.8 Å². The number of aliphatic hydroxyl groups excluding tert-OH is 1. The Morgan fingerprint density at radius 3 is 1.51 bits per heavy atom. The van der Waals surface area contributed by atoms with Crippen LogP contribution in [0.5, 0.6) is 0 Å². The minimum atomic E-state index is -0.784. The highest BCUT2D eigenvalue weighted by atomic mass is 16.6. The van der Waals surface area contributed by atoms with Crippen LogP contribution in [0, 0.1) is 0 Å². The number of rotatable bonds is 33. The van der Waals surface area contributed by atoms with Crippen molar-refractivity contribution in [1.82, 2.24) is 0 Å². The molecule has 0 bridgehead atoms. The second kappa shape index (κ2) is 37.8. The van der Waals surface area contributed by atoms with E-state index in [1.54, 1.807) is 0 Å². The van der Waals surface area contributed by atoms with Crippen LogP contribution < -0.4 is 0 Å². The SMILES string of the molecule is CC/C=C/C=C/C=C/CCCCCCCC(=O)OCC(CO)OC(=O)CCCCCCCCCCCC/C=C/C/C=C/C/C=C/CC. The van der Waals surface area contributed by atoms with Crippen molar-refractivity contribution in [3.63, 3.8) is 0 Å². The number of carbonyl (C=O) groups excluding carboxylic acids is 2. The molecule has 0 radical (unpaired) electrons. The molecule has 1 N–H and O–H groups in total. The Morgan fingerprint density at radius 2 is 0.957 bits per heavy atom. The minimum Gasteiger partial charge on any atom is -0.462 e. The van der Waals surface area contributed by atoms with E-state index in [-0.39, 0.29) is 25.2 Å². The summed E-state index contributed by atoms with van der Waals surface area (Å²) in [5.74, 6) is -0.626. The monoisotopic (exact) mass is 655 g/mol. The molecule has 1 atom stereocenters. The number of hydrogen-bond donors (Lipinski definition) is 1. The third-order valence-corrected chi connectivity index (χ3v) is 7.81. The third-order valence-electron chi connectivity index (χ3n) is 7.81. The van der Waals surface area contributed by atoms with E-state index in [0.717, 1.165) is 83.5 Å². The zero-order chi connectivity index (χ0) is 34.3. The van der Waals surface area contributed by atoms with Crippen molar-refractivity contribution in [2.24, 2.45) is 0 Å². The van der Waals surface area contributed by atoms with Gasteiger partial charge in [0.15, 0.2) is 6.10 Å². The summed E-state index contributed by atoms with van der Waals surface area (Å²) in [6, 6.07) is 0. The van der Waals surface area contributed by atoms with Crippen molar-refractivity contribution in [3.8, 4) is 0 Å². The molecule has 1 unspecified atom stereocenters. The normalized spacial score (nSPS) is 13.0. The number of esters is 2. The van der Waals surface area contributed by atoms with Crippen LogP contribution in [-0.2, 0) is 19.1 Å². The summed E-state index contributed by atoms with van der Waals surface area (Å²) in [5.41, 5.74) is 0. The van der Waals surface area contributed by atoms with E-state index in [2.05, 4.69) is 80.7 Å². The number of allylic oxidation sites excluding steroid dienone is 12. The summed E-state index contributed by atoms with van der Waals surface area (Å²) in [7, 11) is 0. The highest BCUT2D eigenvalue weighted by Crippen LogP contribution is 2.13. The summed E-state index contributed by atoms with van der Waals surface area (Å²) in [6.45, 7) is 3.86. The molecule has 47 heavy (non-hydrogen) atoms. The summed E-state index contributed by atoms with van der Waals surface area (Å²) in [5, 5.41) is 9.54. The highest BCUT2D eigenvalue weighted by Gasteiger charge is 2.16.